The smallest absolute Gasteiger partial charge is 0 e. The summed E-state index contributed by atoms with van der Waals surface area (Å²) >= 11 is -1.92. The van der Waals surface area contributed by atoms with Crippen LogP contribution < -0.4 is 4.40 Å². The number of carbonyl (C=O) groups excluding carboxylic acids is 1. The molecule has 4 rings (SSSR count). The minimum Gasteiger partial charge on any atom is 0 e. The van der Waals surface area contributed by atoms with E-state index in [9.17, 15) is 9.90 Å². The molecule has 3 aromatic carbocycles. The van der Waals surface area contributed by atoms with E-state index in [0.717, 1.165) is 53.7 Å². The fourth-order valence-corrected chi connectivity index (χ4v) is 8.40. The zero-order chi connectivity index (χ0) is 36.2. The molecule has 1 aromatic heterocycles. The largest absolute Gasteiger partial charge is 0 e. The number of rotatable bonds is 11. The summed E-state index contributed by atoms with van der Waals surface area (Å²) in [5.41, 5.74) is 5.11. The van der Waals surface area contributed by atoms with Gasteiger partial charge in [-0.25, -0.2) is 0 Å². The molecule has 0 bridgehead atoms. The van der Waals surface area contributed by atoms with Gasteiger partial charge in [0.05, 0.1) is 0 Å². The number of hydrogen-bond donors (Lipinski definition) is 1. The molecule has 0 aliphatic heterocycles. The number of carbonyl (C=O) groups is 1. The molecule has 0 aliphatic carbocycles. The van der Waals surface area contributed by atoms with E-state index in [1.807, 2.05) is 41.5 Å². The predicted octanol–water partition coefficient (Wildman–Crippen LogP) is 12.0. The first-order chi connectivity index (χ1) is 22.3. The number of aliphatic hydroxyl groups excluding tert-OH is 1. The Bertz CT molecular complexity index is 1760. The molecule has 6 heteroatoms. The summed E-state index contributed by atoms with van der Waals surface area (Å²) in [6, 6.07) is 19.2. The Morgan fingerprint density at radius 3 is 1.94 bits per heavy atom. The van der Waals surface area contributed by atoms with Crippen LogP contribution in [0.25, 0.3) is 32.9 Å². The van der Waals surface area contributed by atoms with Crippen LogP contribution in [0.3, 0.4) is 0 Å². The van der Waals surface area contributed by atoms with Crippen LogP contribution in [0, 0.1) is 23.8 Å². The molecule has 1 heterocycles. The maximum absolute atomic E-state index is 12.2. The van der Waals surface area contributed by atoms with Crippen molar-refractivity contribution in [2.24, 2.45) is 10.8 Å². The Hall–Kier alpha value is -2.34. The topological polar surface area (TPSA) is 63.1 Å². The van der Waals surface area contributed by atoms with Gasteiger partial charge >= 0.3 is 176 Å². The minimum atomic E-state index is -1.92. The summed E-state index contributed by atoms with van der Waals surface area (Å²) in [5.74, 6) is 9.30. The number of ketones is 1. The molecule has 0 atom stereocenters. The van der Waals surface area contributed by atoms with E-state index in [4.69, 9.17) is 9.97 Å². The summed E-state index contributed by atoms with van der Waals surface area (Å²) in [5, 5.41) is 13.8. The van der Waals surface area contributed by atoms with E-state index in [2.05, 4.69) is 100 Å². The van der Waals surface area contributed by atoms with Crippen LogP contribution in [0.1, 0.15) is 124 Å². The van der Waals surface area contributed by atoms with Gasteiger partial charge in [0.15, 0.2) is 5.78 Å². The van der Waals surface area contributed by atoms with E-state index in [1.165, 1.54) is 28.0 Å². The Kier molecular flexibility index (Phi) is 15.1. The monoisotopic (exact) mass is 904 g/mol. The first-order valence-electron chi connectivity index (χ1n) is 18.1. The molecule has 0 unspecified atom stereocenters. The van der Waals surface area contributed by atoms with Crippen LogP contribution >= 0.6 is 0 Å². The number of hydrogen-bond acceptors (Lipinski definition) is 4. The predicted molar refractivity (Wildman–Crippen MR) is 210 cm³/mol. The second-order valence-corrected chi connectivity index (χ2v) is 26.5. The van der Waals surface area contributed by atoms with Crippen molar-refractivity contribution < 1.29 is 30.0 Å². The van der Waals surface area contributed by atoms with Crippen molar-refractivity contribution in [3.63, 3.8) is 0 Å². The van der Waals surface area contributed by atoms with Crippen molar-refractivity contribution >= 4 is 45.1 Å². The Morgan fingerprint density at radius 2 is 1.47 bits per heavy atom. The quantitative estimate of drug-likeness (QED) is 0.0535. The van der Waals surface area contributed by atoms with Crippen molar-refractivity contribution in [3.05, 3.63) is 77.3 Å². The van der Waals surface area contributed by atoms with Gasteiger partial charge in [-0.05, 0) is 25.7 Å². The van der Waals surface area contributed by atoms with E-state index >= 15 is 0 Å². The summed E-state index contributed by atoms with van der Waals surface area (Å²) in [4.78, 5) is 22.3. The SMILES string of the molecule is CCC(C)(CC)C(=O)/C=C(\O)C(C)(CC)CC.Cc1c[c]([Ge]([CH3])([CH3])[CH3])cc2ccc3c(-c4[c-]cc(C(C)C)cc4)nc(C(C)C)nc3c12.[Ir]. The fourth-order valence-electron chi connectivity index (χ4n) is 5.80. The Balaban J connectivity index is 0.000000398. The second-order valence-electron chi connectivity index (χ2n) is 15.8. The van der Waals surface area contributed by atoms with E-state index in [1.54, 1.807) is 4.40 Å². The Labute approximate surface area is 313 Å². The maximum atomic E-state index is 12.2. The van der Waals surface area contributed by atoms with Crippen molar-refractivity contribution in [1.29, 1.82) is 0 Å². The molecular weight excluding hydrogens is 841 g/mol. The minimum absolute atomic E-state index is 0. The van der Waals surface area contributed by atoms with Crippen LogP contribution in [0.15, 0.2) is 54.3 Å². The number of aliphatic hydroxyl groups is 1. The molecule has 0 fully saturated rings. The average molecular weight is 903 g/mol. The molecule has 49 heavy (non-hydrogen) atoms. The van der Waals surface area contributed by atoms with Gasteiger partial charge < -0.3 is 5.11 Å². The molecular formula is C43H61GeIrN2O2-. The normalized spacial score (nSPS) is 12.7. The summed E-state index contributed by atoms with van der Waals surface area (Å²) in [6.07, 6.45) is 4.75. The first-order valence-corrected chi connectivity index (χ1v) is 25.4. The zero-order valence-corrected chi connectivity index (χ0v) is 37.2. The molecule has 0 saturated carbocycles. The van der Waals surface area contributed by atoms with Crippen molar-refractivity contribution in [2.75, 3.05) is 0 Å². The maximum Gasteiger partial charge on any atom is 0 e. The molecule has 0 saturated heterocycles. The van der Waals surface area contributed by atoms with Crippen LogP contribution in [0.2, 0.25) is 17.3 Å². The third kappa shape index (κ3) is 9.71. The number of fused-ring (bicyclic) bond motifs is 3. The van der Waals surface area contributed by atoms with Crippen LogP contribution in [-0.4, -0.2) is 34.1 Å². The van der Waals surface area contributed by atoms with Gasteiger partial charge in [-0.15, -0.1) is 0 Å². The summed E-state index contributed by atoms with van der Waals surface area (Å²) in [7, 11) is 0. The molecule has 0 spiro atoms. The molecule has 4 aromatic rings. The molecule has 0 amide bonds. The zero-order valence-electron chi connectivity index (χ0n) is 32.7. The summed E-state index contributed by atoms with van der Waals surface area (Å²) in [6.45, 7) is 23.1. The molecule has 4 nitrogen and oxygen atoms in total. The Morgan fingerprint density at radius 1 is 0.878 bits per heavy atom. The van der Waals surface area contributed by atoms with E-state index < -0.39 is 13.3 Å². The molecule has 269 valence electrons. The van der Waals surface area contributed by atoms with Crippen LogP contribution in [0.4, 0.5) is 0 Å². The fraction of sp³-hybridized carbons (Fsp3) is 0.512. The van der Waals surface area contributed by atoms with Gasteiger partial charge in [-0.1, -0.05) is 55.4 Å². The number of aryl methyl sites for hydroxylation is 1. The number of benzene rings is 3. The number of aromatic nitrogens is 2. The van der Waals surface area contributed by atoms with Gasteiger partial charge in [0.25, 0.3) is 0 Å². The number of allylic oxidation sites excluding steroid dienone is 2. The standard InChI is InChI=1S/C28H33GeN2.C15H28O2.Ir/c1-17(2)20-9-11-21(12-10-20)26-24-14-13-22-16-23(29(6,7)8)15-19(5)25(22)27(24)31-28(30-26)18(3)4;1-7-14(5,8-2)12(16)11-13(17)15(6,9-3)10-4;/h9-11,13-18H,1-8H3;11,16H,7-10H2,1-6H3;/q-1;;/b;12-11-;. The van der Waals surface area contributed by atoms with E-state index in [-0.39, 0.29) is 48.4 Å². The second kappa shape index (κ2) is 17.3. The summed E-state index contributed by atoms with van der Waals surface area (Å²) < 4.78 is 1.54. The molecule has 0 aliphatic rings. The first kappa shape index (κ1) is 42.8. The van der Waals surface area contributed by atoms with Crippen molar-refractivity contribution in [2.45, 2.75) is 131 Å². The molecule has 1 radical (unpaired) electrons. The van der Waals surface area contributed by atoms with Gasteiger partial charge in [0.2, 0.25) is 0 Å². The van der Waals surface area contributed by atoms with Crippen LogP contribution in [0.5, 0.6) is 0 Å². The third-order valence-corrected chi connectivity index (χ3v) is 15.0. The molecule has 1 N–H and O–H groups in total. The third-order valence-electron chi connectivity index (χ3n) is 10.7. The number of nitrogens with zero attached hydrogens (tertiary/aromatic N) is 2. The van der Waals surface area contributed by atoms with Crippen molar-refractivity contribution in [1.82, 2.24) is 9.97 Å². The van der Waals surface area contributed by atoms with Gasteiger partial charge in [-0.3, -0.25) is 4.79 Å². The van der Waals surface area contributed by atoms with Gasteiger partial charge in [0.1, 0.15) is 5.76 Å². The average Bonchev–Trinajstić information content (AvgIpc) is 3.06. The van der Waals surface area contributed by atoms with Gasteiger partial charge in [0, 0.05) is 37.0 Å². The van der Waals surface area contributed by atoms with Crippen LogP contribution in [-0.2, 0) is 24.9 Å². The van der Waals surface area contributed by atoms with Crippen molar-refractivity contribution in [3.8, 4) is 11.3 Å². The van der Waals surface area contributed by atoms with E-state index in [0.29, 0.717) is 5.92 Å². The van der Waals surface area contributed by atoms with Gasteiger partial charge in [-0.2, -0.15) is 0 Å².